The molecule has 1 heterocycles. The van der Waals surface area contributed by atoms with Crippen molar-refractivity contribution in [3.8, 4) is 0 Å². The van der Waals surface area contributed by atoms with Crippen molar-refractivity contribution in [2.75, 3.05) is 6.61 Å². The minimum Gasteiger partial charge on any atom is -1.00 e. The van der Waals surface area contributed by atoms with Crippen LogP contribution in [-0.2, 0) is 14.1 Å². The van der Waals surface area contributed by atoms with Crippen LogP contribution in [0.5, 0.6) is 0 Å². The Morgan fingerprint density at radius 3 is 2.44 bits per heavy atom. The van der Waals surface area contributed by atoms with Gasteiger partial charge in [-0.25, -0.2) is 4.79 Å². The summed E-state index contributed by atoms with van der Waals surface area (Å²) < 4.78 is 9.19. The van der Waals surface area contributed by atoms with Gasteiger partial charge in [-0.3, -0.25) is 0 Å². The van der Waals surface area contributed by atoms with Gasteiger partial charge in [0.1, 0.15) is 12.2 Å². The van der Waals surface area contributed by atoms with Crippen LogP contribution in [0.1, 0.15) is 2.85 Å². The van der Waals surface area contributed by atoms with Gasteiger partial charge in [-0.1, -0.05) is 0 Å². The van der Waals surface area contributed by atoms with E-state index in [1.54, 1.807) is 0 Å². The zero-order valence-corrected chi connectivity index (χ0v) is 10.5. The minimum atomic E-state index is -2.07. The Bertz CT molecular complexity index is 250. The number of hydrogen-bond donors (Lipinski definition) is 5. The molecule has 0 aromatic carbocycles. The van der Waals surface area contributed by atoms with Crippen molar-refractivity contribution < 1.29 is 42.4 Å². The molecule has 0 aliphatic carbocycles. The smallest absolute Gasteiger partial charge is 1.00 e. The standard InChI is InChI=1S/C6H11BO8.Ca.2H/c8-1-2-5(15-7(13)14-2)3(9)4(10)6(11)12;;;/h2-5,8-10,13H,1H2,(H,11,12);;;/q;+2;2*-1. The second-order valence-electron chi connectivity index (χ2n) is 3.04. The average Bonchev–Trinajstić information content (AvgIpc) is 2.57. The van der Waals surface area contributed by atoms with E-state index < -0.39 is 44.3 Å². The summed E-state index contributed by atoms with van der Waals surface area (Å²) >= 11 is 0. The van der Waals surface area contributed by atoms with E-state index in [9.17, 15) is 9.90 Å². The van der Waals surface area contributed by atoms with Crippen LogP contribution in [0.2, 0.25) is 0 Å². The van der Waals surface area contributed by atoms with Crippen molar-refractivity contribution in [3.63, 3.8) is 0 Å². The van der Waals surface area contributed by atoms with Gasteiger partial charge in [0.15, 0.2) is 6.10 Å². The number of rotatable bonds is 4. The number of aliphatic hydroxyl groups excluding tert-OH is 3. The van der Waals surface area contributed by atoms with E-state index in [0.717, 1.165) is 0 Å². The van der Waals surface area contributed by atoms with Crippen molar-refractivity contribution >= 4 is 51.0 Å². The summed E-state index contributed by atoms with van der Waals surface area (Å²) in [5.74, 6) is -1.64. The molecule has 0 amide bonds. The summed E-state index contributed by atoms with van der Waals surface area (Å²) in [4.78, 5) is 10.3. The molecule has 10 heteroatoms. The summed E-state index contributed by atoms with van der Waals surface area (Å²) in [7, 11) is -1.65. The fraction of sp³-hybridized carbons (Fsp3) is 0.833. The quantitative estimate of drug-likeness (QED) is 0.328. The van der Waals surface area contributed by atoms with Crippen LogP contribution in [0.4, 0.5) is 0 Å². The van der Waals surface area contributed by atoms with E-state index in [4.69, 9.17) is 20.3 Å². The maximum Gasteiger partial charge on any atom is 2.00 e. The average molecular weight is 264 g/mol. The second kappa shape index (κ2) is 7.09. The van der Waals surface area contributed by atoms with E-state index in [1.807, 2.05) is 0 Å². The minimum absolute atomic E-state index is 0. The van der Waals surface area contributed by atoms with Gasteiger partial charge < -0.3 is 37.6 Å². The first-order valence-corrected chi connectivity index (χ1v) is 4.16. The Kier molecular flexibility index (Phi) is 7.34. The van der Waals surface area contributed by atoms with Crippen LogP contribution >= 0.6 is 0 Å². The topological polar surface area (TPSA) is 137 Å². The molecular weight excluding hydrogens is 251 g/mol. The predicted octanol–water partition coefficient (Wildman–Crippen LogP) is -3.61. The molecular formula is C6H13BCaO8. The third-order valence-corrected chi connectivity index (χ3v) is 2.02. The molecule has 1 saturated heterocycles. The van der Waals surface area contributed by atoms with Crippen molar-refractivity contribution in [2.24, 2.45) is 0 Å². The third kappa shape index (κ3) is 3.79. The fourth-order valence-corrected chi connectivity index (χ4v) is 1.25. The van der Waals surface area contributed by atoms with Crippen LogP contribution < -0.4 is 0 Å². The monoisotopic (exact) mass is 264 g/mol. The van der Waals surface area contributed by atoms with Gasteiger partial charge in [0, 0.05) is 0 Å². The molecule has 8 nitrogen and oxygen atoms in total. The molecule has 4 unspecified atom stereocenters. The van der Waals surface area contributed by atoms with Crippen molar-refractivity contribution in [2.45, 2.75) is 24.4 Å². The molecule has 0 spiro atoms. The number of carboxylic acid groups (broad SMARTS) is 1. The number of aliphatic hydroxyl groups is 3. The van der Waals surface area contributed by atoms with Crippen molar-refractivity contribution in [1.29, 1.82) is 0 Å². The van der Waals surface area contributed by atoms with Gasteiger partial charge in [-0.05, 0) is 0 Å². The number of hydrogen-bond acceptors (Lipinski definition) is 7. The normalized spacial score (nSPS) is 28.4. The second-order valence-corrected chi connectivity index (χ2v) is 3.04. The van der Waals surface area contributed by atoms with Gasteiger partial charge in [-0.15, -0.1) is 0 Å². The molecule has 0 radical (unpaired) electrons. The predicted molar refractivity (Wildman–Crippen MR) is 52.4 cm³/mol. The van der Waals surface area contributed by atoms with E-state index in [1.165, 1.54) is 0 Å². The molecule has 0 aromatic rings. The van der Waals surface area contributed by atoms with E-state index >= 15 is 0 Å². The fourth-order valence-electron chi connectivity index (χ4n) is 1.25. The van der Waals surface area contributed by atoms with Gasteiger partial charge in [0.25, 0.3) is 0 Å². The molecule has 1 fully saturated rings. The van der Waals surface area contributed by atoms with Gasteiger partial charge in [0.2, 0.25) is 0 Å². The first-order chi connectivity index (χ1) is 6.97. The summed E-state index contributed by atoms with van der Waals surface area (Å²) in [6, 6.07) is 0. The Morgan fingerprint density at radius 1 is 1.44 bits per heavy atom. The van der Waals surface area contributed by atoms with Gasteiger partial charge in [-0.2, -0.15) is 0 Å². The Labute approximate surface area is 124 Å². The molecule has 5 N–H and O–H groups in total. The molecule has 0 bridgehead atoms. The van der Waals surface area contributed by atoms with Gasteiger partial charge in [0.05, 0.1) is 12.7 Å². The van der Waals surface area contributed by atoms with Crippen LogP contribution in [0.15, 0.2) is 0 Å². The zero-order chi connectivity index (χ0) is 11.6. The first kappa shape index (κ1) is 16.6. The number of aliphatic carboxylic acids is 1. The maximum atomic E-state index is 10.3. The molecule has 0 aromatic heterocycles. The van der Waals surface area contributed by atoms with E-state index in [-0.39, 0.29) is 40.6 Å². The molecule has 0 saturated carbocycles. The molecule has 4 atom stereocenters. The largest absolute Gasteiger partial charge is 2.00 e. The summed E-state index contributed by atoms with van der Waals surface area (Å²) in [5.41, 5.74) is 0. The number of carboxylic acids is 1. The Balaban J connectivity index is -0.000000750. The summed E-state index contributed by atoms with van der Waals surface area (Å²) in [5, 5.41) is 44.4. The summed E-state index contributed by atoms with van der Waals surface area (Å²) in [6.45, 7) is -0.578. The Morgan fingerprint density at radius 2 is 2.00 bits per heavy atom. The number of carbonyl (C=O) groups is 1. The van der Waals surface area contributed by atoms with Crippen LogP contribution in [-0.4, -0.2) is 108 Å². The maximum absolute atomic E-state index is 10.3. The molecule has 90 valence electrons. The zero-order valence-electron chi connectivity index (χ0n) is 10.3. The van der Waals surface area contributed by atoms with Crippen LogP contribution in [0.3, 0.4) is 0 Å². The molecule has 16 heavy (non-hydrogen) atoms. The van der Waals surface area contributed by atoms with E-state index in [2.05, 4.69) is 9.31 Å². The molecule has 1 rings (SSSR count). The molecule has 1 aliphatic heterocycles. The van der Waals surface area contributed by atoms with Crippen LogP contribution in [0, 0.1) is 0 Å². The third-order valence-electron chi connectivity index (χ3n) is 2.02. The Hall–Kier alpha value is 0.555. The van der Waals surface area contributed by atoms with E-state index in [0.29, 0.717) is 0 Å². The van der Waals surface area contributed by atoms with Crippen molar-refractivity contribution in [3.05, 3.63) is 0 Å². The summed E-state index contributed by atoms with van der Waals surface area (Å²) in [6.07, 6.45) is -6.24. The molecule has 1 aliphatic rings. The SMILES string of the molecule is O=C(O)C(O)C(O)C1OB(O)OC1CO.[Ca+2].[H-].[H-]. The first-order valence-electron chi connectivity index (χ1n) is 4.16. The van der Waals surface area contributed by atoms with Crippen molar-refractivity contribution in [1.82, 2.24) is 0 Å². The van der Waals surface area contributed by atoms with Crippen LogP contribution in [0.25, 0.3) is 0 Å². The van der Waals surface area contributed by atoms with Gasteiger partial charge >= 0.3 is 51.0 Å².